The van der Waals surface area contributed by atoms with E-state index in [1.165, 1.54) is 0 Å². The molecule has 0 spiro atoms. The second-order valence-corrected chi connectivity index (χ2v) is 2.62. The number of fused-ring (bicyclic) bond motifs is 1. The van der Waals surface area contributed by atoms with Crippen LogP contribution < -0.4 is 4.74 Å². The summed E-state index contributed by atoms with van der Waals surface area (Å²) in [5.74, 6) is 0.792. The third-order valence-corrected chi connectivity index (χ3v) is 1.77. The molecule has 3 heteroatoms. The van der Waals surface area contributed by atoms with Crippen LogP contribution in [0.5, 0.6) is 5.75 Å². The Balaban J connectivity index is 2.53. The number of hydrogen-bond donors (Lipinski definition) is 0. The molecular weight excluding hydrogens is 164 g/mol. The summed E-state index contributed by atoms with van der Waals surface area (Å²) in [5, 5.41) is 0. The summed E-state index contributed by atoms with van der Waals surface area (Å²) in [6, 6.07) is 7.68. The minimum absolute atomic E-state index is 0.645. The van der Waals surface area contributed by atoms with Crippen LogP contribution in [0.15, 0.2) is 30.6 Å². The number of ether oxygens (including phenoxy) is 1. The molecule has 0 aromatic heterocycles. The van der Waals surface area contributed by atoms with Crippen LogP contribution in [-0.4, -0.2) is 16.6 Å². The van der Waals surface area contributed by atoms with E-state index in [-0.39, 0.29) is 0 Å². The SMILES string of the molecule is CCOc1ccccc2ncnc1-2. The summed E-state index contributed by atoms with van der Waals surface area (Å²) in [4.78, 5) is 8.25. The first-order chi connectivity index (χ1) is 6.42. The van der Waals surface area contributed by atoms with E-state index in [1.807, 2.05) is 31.2 Å². The van der Waals surface area contributed by atoms with Crippen LogP contribution in [0.3, 0.4) is 0 Å². The molecule has 0 saturated heterocycles. The third kappa shape index (κ3) is 1.45. The minimum Gasteiger partial charge on any atom is -0.492 e. The van der Waals surface area contributed by atoms with Crippen molar-refractivity contribution < 1.29 is 4.74 Å². The van der Waals surface area contributed by atoms with Crippen molar-refractivity contribution in [3.05, 3.63) is 30.6 Å². The summed E-state index contributed by atoms with van der Waals surface area (Å²) in [6.45, 7) is 2.60. The summed E-state index contributed by atoms with van der Waals surface area (Å²) in [5.41, 5.74) is 1.69. The first kappa shape index (κ1) is 7.98. The first-order valence-electron chi connectivity index (χ1n) is 4.24. The lowest BCUT2D eigenvalue weighted by molar-refractivity contribution is 0.341. The molecular formula is C10H10N2O. The van der Waals surface area contributed by atoms with Gasteiger partial charge in [0.15, 0.2) is 0 Å². The van der Waals surface area contributed by atoms with E-state index in [2.05, 4.69) is 9.97 Å². The van der Waals surface area contributed by atoms with E-state index in [0.29, 0.717) is 6.61 Å². The van der Waals surface area contributed by atoms with Crippen molar-refractivity contribution >= 4 is 0 Å². The van der Waals surface area contributed by atoms with Crippen LogP contribution in [-0.2, 0) is 0 Å². The maximum atomic E-state index is 5.43. The highest BCUT2D eigenvalue weighted by atomic mass is 16.5. The van der Waals surface area contributed by atoms with Gasteiger partial charge in [0.2, 0.25) is 0 Å². The van der Waals surface area contributed by atoms with Crippen molar-refractivity contribution in [3.63, 3.8) is 0 Å². The van der Waals surface area contributed by atoms with E-state index in [9.17, 15) is 0 Å². The smallest absolute Gasteiger partial charge is 0.147 e. The first-order valence-corrected chi connectivity index (χ1v) is 4.24. The molecule has 0 aromatic carbocycles. The molecule has 0 bridgehead atoms. The topological polar surface area (TPSA) is 35.0 Å². The van der Waals surface area contributed by atoms with Gasteiger partial charge >= 0.3 is 0 Å². The van der Waals surface area contributed by atoms with Crippen LogP contribution >= 0.6 is 0 Å². The van der Waals surface area contributed by atoms with Crippen LogP contribution in [0.1, 0.15) is 6.92 Å². The lowest BCUT2D eigenvalue weighted by Crippen LogP contribution is -1.92. The van der Waals surface area contributed by atoms with E-state index >= 15 is 0 Å². The van der Waals surface area contributed by atoms with Crippen LogP contribution in [0, 0.1) is 0 Å². The van der Waals surface area contributed by atoms with Gasteiger partial charge in [0.05, 0.1) is 12.3 Å². The molecule has 0 saturated carbocycles. The number of imidazole rings is 1. The van der Waals surface area contributed by atoms with E-state index in [1.54, 1.807) is 6.33 Å². The lowest BCUT2D eigenvalue weighted by atomic mass is 10.3. The molecule has 1 aliphatic carbocycles. The van der Waals surface area contributed by atoms with Crippen LogP contribution in [0.2, 0.25) is 0 Å². The zero-order chi connectivity index (χ0) is 9.10. The molecule has 0 aromatic rings. The zero-order valence-corrected chi connectivity index (χ0v) is 7.40. The van der Waals surface area contributed by atoms with Crippen LogP contribution in [0.25, 0.3) is 11.4 Å². The summed E-state index contributed by atoms with van der Waals surface area (Å²) in [6.07, 6.45) is 1.55. The molecule has 0 unspecified atom stereocenters. The van der Waals surface area contributed by atoms with Crippen molar-refractivity contribution in [1.29, 1.82) is 0 Å². The second kappa shape index (κ2) is 3.39. The Bertz CT molecular complexity index is 375. The number of hydrogen-bond acceptors (Lipinski definition) is 3. The molecule has 1 aliphatic heterocycles. The maximum absolute atomic E-state index is 5.43. The van der Waals surface area contributed by atoms with Crippen LogP contribution in [0.4, 0.5) is 0 Å². The fourth-order valence-electron chi connectivity index (χ4n) is 1.23. The standard InChI is InChI=1S/C10H10N2O/c1-2-13-9-6-4-3-5-8-10(9)12-7-11-8/h3-7H,2H2,1H3. The van der Waals surface area contributed by atoms with Gasteiger partial charge in [0, 0.05) is 0 Å². The predicted octanol–water partition coefficient (Wildman–Crippen LogP) is 1.98. The Kier molecular flexibility index (Phi) is 2.08. The van der Waals surface area contributed by atoms with Gasteiger partial charge in [-0.2, -0.15) is 0 Å². The fourth-order valence-corrected chi connectivity index (χ4v) is 1.23. The Morgan fingerprint density at radius 1 is 1.23 bits per heavy atom. The van der Waals surface area contributed by atoms with Gasteiger partial charge in [-0.25, -0.2) is 9.97 Å². The Morgan fingerprint density at radius 2 is 2.08 bits per heavy atom. The van der Waals surface area contributed by atoms with Gasteiger partial charge in [-0.1, -0.05) is 12.1 Å². The van der Waals surface area contributed by atoms with Gasteiger partial charge in [0.1, 0.15) is 17.8 Å². The highest BCUT2D eigenvalue weighted by molar-refractivity contribution is 5.62. The lowest BCUT2D eigenvalue weighted by Gasteiger charge is -2.01. The maximum Gasteiger partial charge on any atom is 0.147 e. The van der Waals surface area contributed by atoms with Crippen molar-refractivity contribution in [2.45, 2.75) is 6.92 Å². The summed E-state index contributed by atoms with van der Waals surface area (Å²) >= 11 is 0. The van der Waals surface area contributed by atoms with Gasteiger partial charge < -0.3 is 4.74 Å². The summed E-state index contributed by atoms with van der Waals surface area (Å²) < 4.78 is 5.43. The molecule has 0 amide bonds. The highest BCUT2D eigenvalue weighted by Gasteiger charge is 2.08. The molecule has 2 aliphatic rings. The average molecular weight is 174 g/mol. The van der Waals surface area contributed by atoms with Gasteiger partial charge in [-0.05, 0) is 19.1 Å². The highest BCUT2D eigenvalue weighted by Crippen LogP contribution is 2.26. The van der Waals surface area contributed by atoms with E-state index in [4.69, 9.17) is 4.74 Å². The Morgan fingerprint density at radius 3 is 2.92 bits per heavy atom. The molecule has 66 valence electrons. The minimum atomic E-state index is 0.645. The molecule has 2 rings (SSSR count). The number of nitrogens with zero attached hydrogens (tertiary/aromatic N) is 2. The molecule has 0 radical (unpaired) electrons. The summed E-state index contributed by atoms with van der Waals surface area (Å²) in [7, 11) is 0. The monoisotopic (exact) mass is 174 g/mol. The average Bonchev–Trinajstić information content (AvgIpc) is 2.52. The number of rotatable bonds is 2. The second-order valence-electron chi connectivity index (χ2n) is 2.62. The third-order valence-electron chi connectivity index (χ3n) is 1.77. The number of aromatic nitrogens is 2. The van der Waals surface area contributed by atoms with Crippen molar-refractivity contribution in [2.75, 3.05) is 6.61 Å². The van der Waals surface area contributed by atoms with Crippen molar-refractivity contribution in [1.82, 2.24) is 9.97 Å². The molecule has 0 atom stereocenters. The van der Waals surface area contributed by atoms with Crippen molar-refractivity contribution in [2.24, 2.45) is 0 Å². The largest absolute Gasteiger partial charge is 0.492 e. The quantitative estimate of drug-likeness (QED) is 0.698. The normalized spacial score (nSPS) is 10.2. The molecule has 1 heterocycles. The van der Waals surface area contributed by atoms with Gasteiger partial charge in [-0.3, -0.25) is 0 Å². The van der Waals surface area contributed by atoms with Gasteiger partial charge in [-0.15, -0.1) is 0 Å². The molecule has 13 heavy (non-hydrogen) atoms. The van der Waals surface area contributed by atoms with E-state index < -0.39 is 0 Å². The Hall–Kier alpha value is -1.64. The van der Waals surface area contributed by atoms with E-state index in [0.717, 1.165) is 17.1 Å². The predicted molar refractivity (Wildman–Crippen MR) is 49.8 cm³/mol. The molecule has 0 fully saturated rings. The molecule has 3 nitrogen and oxygen atoms in total. The molecule has 0 N–H and O–H groups in total. The van der Waals surface area contributed by atoms with Gasteiger partial charge in [0.25, 0.3) is 0 Å². The zero-order valence-electron chi connectivity index (χ0n) is 7.40. The van der Waals surface area contributed by atoms with Crippen molar-refractivity contribution in [3.8, 4) is 17.1 Å². The Labute approximate surface area is 76.8 Å². The fraction of sp³-hybridized carbons (Fsp3) is 0.200.